The van der Waals surface area contributed by atoms with Gasteiger partial charge in [0, 0.05) is 0 Å². The standard InChI is InChI=1S/C14H20O.C9H12O.C5H8/c1-9-8-10(2)12-6-7-14(4,5)15-13(12)11(9)3;1-6-4-7(2)8(3)9(10)5-6;1-4-5(2)3/h8H,6-7H2,1-5H3;4-5,10H,1-3H3;4H,1-2H2,3H3. The highest BCUT2D eigenvalue weighted by atomic mass is 16.5. The minimum absolute atomic E-state index is 0.00199. The lowest BCUT2D eigenvalue weighted by Crippen LogP contribution is -2.33. The van der Waals surface area contributed by atoms with Crippen molar-refractivity contribution < 1.29 is 9.84 Å². The van der Waals surface area contributed by atoms with Crippen LogP contribution in [0.15, 0.2) is 43.0 Å². The summed E-state index contributed by atoms with van der Waals surface area (Å²) in [6, 6.07) is 6.12. The maximum atomic E-state index is 9.28. The normalized spacial score (nSPS) is 13.5. The van der Waals surface area contributed by atoms with Crippen molar-refractivity contribution in [3.05, 3.63) is 82.0 Å². The van der Waals surface area contributed by atoms with Crippen LogP contribution in [0.4, 0.5) is 0 Å². The third kappa shape index (κ3) is 7.09. The predicted octanol–water partition coefficient (Wildman–Crippen LogP) is 7.78. The van der Waals surface area contributed by atoms with Crippen molar-refractivity contribution >= 4 is 0 Å². The van der Waals surface area contributed by atoms with Gasteiger partial charge in [0.1, 0.15) is 17.1 Å². The first-order valence-corrected chi connectivity index (χ1v) is 10.6. The maximum Gasteiger partial charge on any atom is 0.126 e. The summed E-state index contributed by atoms with van der Waals surface area (Å²) in [4.78, 5) is 0. The summed E-state index contributed by atoms with van der Waals surface area (Å²) in [5, 5.41) is 9.28. The molecule has 164 valence electrons. The van der Waals surface area contributed by atoms with Crippen molar-refractivity contribution in [2.75, 3.05) is 0 Å². The third-order valence-corrected chi connectivity index (χ3v) is 5.60. The minimum atomic E-state index is -0.00199. The van der Waals surface area contributed by atoms with E-state index in [1.54, 1.807) is 12.1 Å². The molecule has 0 saturated heterocycles. The predicted molar refractivity (Wildman–Crippen MR) is 131 cm³/mol. The van der Waals surface area contributed by atoms with Crippen LogP contribution in [0.3, 0.4) is 0 Å². The molecule has 2 aromatic rings. The van der Waals surface area contributed by atoms with Gasteiger partial charge in [-0.3, -0.25) is 0 Å². The van der Waals surface area contributed by atoms with Crippen molar-refractivity contribution in [1.82, 2.24) is 0 Å². The molecule has 0 aromatic heterocycles. The van der Waals surface area contributed by atoms with E-state index in [0.717, 1.165) is 40.9 Å². The first-order valence-electron chi connectivity index (χ1n) is 10.6. The molecular weight excluding hydrogens is 368 g/mol. The number of aromatic hydroxyl groups is 1. The van der Waals surface area contributed by atoms with E-state index in [2.05, 4.69) is 59.9 Å². The van der Waals surface area contributed by atoms with Crippen LogP contribution in [0.25, 0.3) is 0 Å². The van der Waals surface area contributed by atoms with Crippen molar-refractivity contribution in [3.8, 4) is 11.5 Å². The molecule has 0 amide bonds. The molecule has 2 aromatic carbocycles. The van der Waals surface area contributed by atoms with Gasteiger partial charge in [-0.1, -0.05) is 36.9 Å². The van der Waals surface area contributed by atoms with Gasteiger partial charge in [0.05, 0.1) is 0 Å². The molecule has 1 aliphatic rings. The fourth-order valence-electron chi connectivity index (χ4n) is 3.32. The zero-order chi connectivity index (χ0) is 23.2. The monoisotopic (exact) mass is 408 g/mol. The van der Waals surface area contributed by atoms with E-state index in [0.29, 0.717) is 5.75 Å². The Hall–Kier alpha value is -2.48. The second-order valence-corrected chi connectivity index (χ2v) is 9.08. The number of hydrogen-bond donors (Lipinski definition) is 1. The Labute approximate surface area is 184 Å². The number of phenolic OH excluding ortho intramolecular Hbond substituents is 1. The van der Waals surface area contributed by atoms with Gasteiger partial charge >= 0.3 is 0 Å². The van der Waals surface area contributed by atoms with Crippen LogP contribution in [0.5, 0.6) is 11.5 Å². The smallest absolute Gasteiger partial charge is 0.126 e. The fourth-order valence-corrected chi connectivity index (χ4v) is 3.32. The number of phenols is 1. The quantitative estimate of drug-likeness (QED) is 0.488. The molecule has 0 aliphatic carbocycles. The lowest BCUT2D eigenvalue weighted by molar-refractivity contribution is 0.0834. The Morgan fingerprint density at radius 1 is 0.967 bits per heavy atom. The van der Waals surface area contributed by atoms with Crippen LogP contribution in [0.2, 0.25) is 0 Å². The number of ether oxygens (including phenoxy) is 1. The van der Waals surface area contributed by atoms with E-state index in [-0.39, 0.29) is 5.60 Å². The van der Waals surface area contributed by atoms with Crippen molar-refractivity contribution in [3.63, 3.8) is 0 Å². The zero-order valence-electron chi connectivity index (χ0n) is 20.5. The average molecular weight is 409 g/mol. The summed E-state index contributed by atoms with van der Waals surface area (Å²) in [5.74, 6) is 1.54. The van der Waals surface area contributed by atoms with E-state index in [9.17, 15) is 5.11 Å². The first kappa shape index (κ1) is 25.6. The molecule has 0 unspecified atom stereocenters. The highest BCUT2D eigenvalue weighted by molar-refractivity contribution is 5.51. The lowest BCUT2D eigenvalue weighted by Gasteiger charge is -2.34. The molecule has 1 aliphatic heterocycles. The molecular formula is C28H40O2. The number of allylic oxidation sites excluding steroid dienone is 2. The van der Waals surface area contributed by atoms with Gasteiger partial charge in [-0.2, -0.15) is 0 Å². The summed E-state index contributed by atoms with van der Waals surface area (Å²) in [7, 11) is 0. The summed E-state index contributed by atoms with van der Waals surface area (Å²) in [5.41, 5.74) is 9.69. The van der Waals surface area contributed by atoms with E-state index in [1.807, 2.05) is 27.7 Å². The molecule has 1 heterocycles. The van der Waals surface area contributed by atoms with Gasteiger partial charge in [-0.05, 0) is 120 Å². The SMILES string of the molecule is C=CC(=C)C.Cc1cc(C)c(C)c(O)c1.Cc1cc(C)c2c(c1C)OC(C)(C)CC2. The van der Waals surface area contributed by atoms with Gasteiger partial charge < -0.3 is 9.84 Å². The van der Waals surface area contributed by atoms with Crippen LogP contribution in [-0.4, -0.2) is 10.7 Å². The average Bonchev–Trinajstić information content (AvgIpc) is 2.64. The number of fused-ring (bicyclic) bond motifs is 1. The number of rotatable bonds is 1. The highest BCUT2D eigenvalue weighted by Gasteiger charge is 2.28. The van der Waals surface area contributed by atoms with Crippen LogP contribution in [0, 0.1) is 41.5 Å². The van der Waals surface area contributed by atoms with Crippen LogP contribution in [0.1, 0.15) is 66.1 Å². The molecule has 0 bridgehead atoms. The number of hydrogen-bond acceptors (Lipinski definition) is 2. The lowest BCUT2D eigenvalue weighted by atomic mass is 9.89. The summed E-state index contributed by atoms with van der Waals surface area (Å²) in [6.45, 7) is 25.7. The number of aryl methyl sites for hydroxylation is 4. The van der Waals surface area contributed by atoms with Crippen LogP contribution in [-0.2, 0) is 6.42 Å². The molecule has 0 saturated carbocycles. The van der Waals surface area contributed by atoms with E-state index >= 15 is 0 Å². The molecule has 30 heavy (non-hydrogen) atoms. The first-order chi connectivity index (χ1) is 13.8. The third-order valence-electron chi connectivity index (χ3n) is 5.60. The van der Waals surface area contributed by atoms with Crippen molar-refractivity contribution in [1.29, 1.82) is 0 Å². The Morgan fingerprint density at radius 3 is 2.00 bits per heavy atom. The van der Waals surface area contributed by atoms with Gasteiger partial charge in [0.25, 0.3) is 0 Å². The molecule has 1 N–H and O–H groups in total. The number of benzene rings is 2. The molecule has 0 fully saturated rings. The molecule has 3 rings (SSSR count). The van der Waals surface area contributed by atoms with Crippen molar-refractivity contribution in [2.45, 2.75) is 80.8 Å². The minimum Gasteiger partial charge on any atom is -0.508 e. The Kier molecular flexibility index (Phi) is 8.96. The molecule has 2 heteroatoms. The summed E-state index contributed by atoms with van der Waals surface area (Å²) >= 11 is 0. The van der Waals surface area contributed by atoms with Gasteiger partial charge in [-0.25, -0.2) is 0 Å². The van der Waals surface area contributed by atoms with E-state index in [1.165, 1.54) is 22.3 Å². The van der Waals surface area contributed by atoms with Gasteiger partial charge in [-0.15, -0.1) is 0 Å². The van der Waals surface area contributed by atoms with Gasteiger partial charge in [0.2, 0.25) is 0 Å². The van der Waals surface area contributed by atoms with E-state index < -0.39 is 0 Å². The second-order valence-electron chi connectivity index (χ2n) is 9.08. The molecule has 0 atom stereocenters. The maximum absolute atomic E-state index is 9.28. The zero-order valence-corrected chi connectivity index (χ0v) is 20.5. The van der Waals surface area contributed by atoms with Crippen LogP contribution < -0.4 is 4.74 Å². The Bertz CT molecular complexity index is 894. The Balaban J connectivity index is 0.000000259. The molecule has 0 spiro atoms. The summed E-state index contributed by atoms with van der Waals surface area (Å²) in [6.07, 6.45) is 3.98. The largest absolute Gasteiger partial charge is 0.508 e. The van der Waals surface area contributed by atoms with Gasteiger partial charge in [0.15, 0.2) is 0 Å². The topological polar surface area (TPSA) is 29.5 Å². The molecule has 0 radical (unpaired) electrons. The molecule has 2 nitrogen and oxygen atoms in total. The van der Waals surface area contributed by atoms with E-state index in [4.69, 9.17) is 4.74 Å². The second kappa shape index (κ2) is 10.5. The van der Waals surface area contributed by atoms with Crippen molar-refractivity contribution in [2.24, 2.45) is 0 Å². The fraction of sp³-hybridized carbons (Fsp3) is 0.429. The Morgan fingerprint density at radius 2 is 1.50 bits per heavy atom. The van der Waals surface area contributed by atoms with Crippen LogP contribution >= 0.6 is 0 Å². The highest BCUT2D eigenvalue weighted by Crippen LogP contribution is 2.38. The summed E-state index contributed by atoms with van der Waals surface area (Å²) < 4.78 is 6.11.